The molecule has 3 aromatic rings. The number of thioether (sulfide) groups is 3. The molecule has 0 radical (unpaired) electrons. The number of rotatable bonds is 11. The summed E-state index contributed by atoms with van der Waals surface area (Å²) in [4.78, 5) is 16.3. The van der Waals surface area contributed by atoms with Gasteiger partial charge in [0.2, 0.25) is 0 Å². The van der Waals surface area contributed by atoms with Gasteiger partial charge in [0.15, 0.2) is 0 Å². The summed E-state index contributed by atoms with van der Waals surface area (Å²) in [6, 6.07) is 31.7. The van der Waals surface area contributed by atoms with Crippen molar-refractivity contribution in [2.24, 2.45) is 5.92 Å². The Balaban J connectivity index is 1.76. The molecule has 4 rings (SSSR count). The highest BCUT2D eigenvalue weighted by molar-refractivity contribution is 8.33. The molecule has 1 aliphatic heterocycles. The number of carbonyl (C=O) groups excluding carboxylic acids is 1. The van der Waals surface area contributed by atoms with Gasteiger partial charge in [-0.05, 0) is 49.2 Å². The molecule has 3 aromatic carbocycles. The van der Waals surface area contributed by atoms with E-state index < -0.39 is 0 Å². The maximum absolute atomic E-state index is 12.7. The minimum atomic E-state index is -0.354. The maximum atomic E-state index is 12.7. The molecular weight excluding hydrogens is 465 g/mol. The summed E-state index contributed by atoms with van der Waals surface area (Å²) >= 11 is 5.59. The first kappa shape index (κ1) is 24.3. The quantitative estimate of drug-likeness (QED) is 0.115. The molecule has 2 nitrogen and oxygen atoms in total. The van der Waals surface area contributed by atoms with Crippen molar-refractivity contribution in [2.75, 3.05) is 0 Å². The van der Waals surface area contributed by atoms with Crippen LogP contribution in [0.25, 0.3) is 0 Å². The van der Waals surface area contributed by atoms with E-state index in [4.69, 9.17) is 4.74 Å². The van der Waals surface area contributed by atoms with Crippen LogP contribution in [0.1, 0.15) is 39.0 Å². The number of hydrogen-bond acceptors (Lipinski definition) is 5. The number of unbranched alkanes of at least 4 members (excludes halogenated alkanes) is 2. The number of esters is 1. The van der Waals surface area contributed by atoms with Gasteiger partial charge in [0.25, 0.3) is 0 Å². The van der Waals surface area contributed by atoms with Crippen LogP contribution in [0.4, 0.5) is 0 Å². The van der Waals surface area contributed by atoms with Gasteiger partial charge in [0.1, 0.15) is 9.52 Å². The second-order valence-electron chi connectivity index (χ2n) is 8.18. The monoisotopic (exact) mass is 494 g/mol. The molecule has 0 aromatic heterocycles. The summed E-state index contributed by atoms with van der Waals surface area (Å²) in [5.41, 5.74) is 0. The van der Waals surface area contributed by atoms with Gasteiger partial charge in [-0.1, -0.05) is 110 Å². The van der Waals surface area contributed by atoms with E-state index >= 15 is 0 Å². The van der Waals surface area contributed by atoms with Gasteiger partial charge in [-0.3, -0.25) is 4.79 Å². The fraction of sp³-hybridized carbons (Fsp3) is 0.321. The summed E-state index contributed by atoms with van der Waals surface area (Å²) < 4.78 is 5.61. The molecule has 1 fully saturated rings. The fourth-order valence-corrected chi connectivity index (χ4v) is 9.32. The summed E-state index contributed by atoms with van der Waals surface area (Å²) in [5.74, 6) is 0.0179. The predicted molar refractivity (Wildman–Crippen MR) is 142 cm³/mol. The van der Waals surface area contributed by atoms with E-state index in [9.17, 15) is 4.79 Å². The van der Waals surface area contributed by atoms with Crippen LogP contribution < -0.4 is 0 Å². The first-order valence-electron chi connectivity index (χ1n) is 11.6. The molecule has 1 heterocycles. The lowest BCUT2D eigenvalue weighted by molar-refractivity contribution is -0.141. The van der Waals surface area contributed by atoms with E-state index in [0.29, 0.717) is 6.42 Å². The molecule has 0 aliphatic carbocycles. The Morgan fingerprint density at radius 2 is 1.21 bits per heavy atom. The van der Waals surface area contributed by atoms with Crippen molar-refractivity contribution in [3.8, 4) is 0 Å². The third-order valence-corrected chi connectivity index (χ3v) is 10.5. The van der Waals surface area contributed by atoms with E-state index in [-0.39, 0.29) is 21.4 Å². The highest BCUT2D eigenvalue weighted by Crippen LogP contribution is 2.62. The van der Waals surface area contributed by atoms with Crippen LogP contribution >= 0.6 is 35.3 Å². The van der Waals surface area contributed by atoms with Crippen LogP contribution in [0.2, 0.25) is 0 Å². The topological polar surface area (TPSA) is 26.3 Å². The molecule has 1 saturated heterocycles. The van der Waals surface area contributed by atoms with Gasteiger partial charge in [-0.2, -0.15) is 0 Å². The standard InChI is InChI=1S/C28H30O2S3/c1-2-3-7-20-26-25(21-27(29)30-26)28(31-22-14-8-4-9-15-22,32-23-16-10-5-11-17-23)33-24-18-12-6-13-19-24/h4-6,8-19,25-26H,2-3,7,20-21H2,1H3/t25-,26+/m1/s1. The fourth-order valence-electron chi connectivity index (χ4n) is 4.07. The van der Waals surface area contributed by atoms with E-state index in [1.807, 2.05) is 35.3 Å². The van der Waals surface area contributed by atoms with E-state index in [0.717, 1.165) is 25.7 Å². The van der Waals surface area contributed by atoms with Crippen molar-refractivity contribution in [3.63, 3.8) is 0 Å². The zero-order valence-electron chi connectivity index (χ0n) is 18.9. The Morgan fingerprint density at radius 1 is 0.758 bits per heavy atom. The van der Waals surface area contributed by atoms with Crippen molar-refractivity contribution in [3.05, 3.63) is 91.0 Å². The smallest absolute Gasteiger partial charge is 0.306 e. The second-order valence-corrected chi connectivity index (χ2v) is 12.9. The zero-order chi connectivity index (χ0) is 22.9. The number of cyclic esters (lactones) is 1. The van der Waals surface area contributed by atoms with E-state index in [1.165, 1.54) is 14.7 Å². The molecule has 2 atom stereocenters. The Kier molecular flexibility index (Phi) is 8.88. The minimum absolute atomic E-state index is 0.0623. The third-order valence-electron chi connectivity index (χ3n) is 5.67. The maximum Gasteiger partial charge on any atom is 0.306 e. The highest BCUT2D eigenvalue weighted by atomic mass is 32.3. The predicted octanol–water partition coefficient (Wildman–Crippen LogP) is 8.53. The van der Waals surface area contributed by atoms with Gasteiger partial charge >= 0.3 is 5.97 Å². The Hall–Kier alpha value is -1.82. The third kappa shape index (κ3) is 6.62. The SMILES string of the molecule is CCCCC[C@@H]1OC(=O)C[C@H]1C(Sc1ccccc1)(Sc1ccccc1)Sc1ccccc1. The molecule has 0 spiro atoms. The van der Waals surface area contributed by atoms with Crippen LogP contribution in [0.15, 0.2) is 106 Å². The summed E-state index contributed by atoms with van der Waals surface area (Å²) in [6.07, 6.45) is 4.72. The van der Waals surface area contributed by atoms with Crippen molar-refractivity contribution in [1.82, 2.24) is 0 Å². The van der Waals surface area contributed by atoms with Crippen molar-refractivity contribution < 1.29 is 9.53 Å². The minimum Gasteiger partial charge on any atom is -0.462 e. The lowest BCUT2D eigenvalue weighted by Crippen LogP contribution is -2.34. The molecule has 172 valence electrons. The Labute approximate surface area is 210 Å². The second kappa shape index (κ2) is 12.0. The molecule has 33 heavy (non-hydrogen) atoms. The lowest BCUT2D eigenvalue weighted by Gasteiger charge is -2.39. The molecule has 0 N–H and O–H groups in total. The van der Waals surface area contributed by atoms with Crippen LogP contribution in [-0.2, 0) is 9.53 Å². The van der Waals surface area contributed by atoms with Crippen LogP contribution in [0.5, 0.6) is 0 Å². The molecular formula is C28H30O2S3. The summed E-state index contributed by atoms with van der Waals surface area (Å²) in [7, 11) is 0. The summed E-state index contributed by atoms with van der Waals surface area (Å²) in [6.45, 7) is 2.21. The Bertz CT molecular complexity index is 894. The lowest BCUT2D eigenvalue weighted by atomic mass is 9.98. The van der Waals surface area contributed by atoms with Gasteiger partial charge in [0, 0.05) is 20.6 Å². The van der Waals surface area contributed by atoms with E-state index in [1.54, 1.807) is 0 Å². The molecule has 0 saturated carbocycles. The summed E-state index contributed by atoms with van der Waals surface area (Å²) in [5, 5.41) is 0. The molecule has 0 amide bonds. The first-order chi connectivity index (χ1) is 16.2. The van der Waals surface area contributed by atoms with Crippen LogP contribution in [-0.4, -0.2) is 15.5 Å². The molecule has 1 aliphatic rings. The van der Waals surface area contributed by atoms with Crippen LogP contribution in [0.3, 0.4) is 0 Å². The van der Waals surface area contributed by atoms with Crippen molar-refractivity contribution in [2.45, 2.75) is 63.2 Å². The number of carbonyl (C=O) groups is 1. The zero-order valence-corrected chi connectivity index (χ0v) is 21.3. The highest BCUT2D eigenvalue weighted by Gasteiger charge is 2.51. The number of hydrogen-bond donors (Lipinski definition) is 0. The Morgan fingerprint density at radius 3 is 1.64 bits per heavy atom. The van der Waals surface area contributed by atoms with Gasteiger partial charge in [-0.25, -0.2) is 0 Å². The average Bonchev–Trinajstić information content (AvgIpc) is 3.22. The first-order valence-corrected chi connectivity index (χ1v) is 14.0. The normalized spacial score (nSPS) is 18.3. The van der Waals surface area contributed by atoms with Gasteiger partial charge < -0.3 is 4.74 Å². The average molecular weight is 495 g/mol. The molecule has 0 unspecified atom stereocenters. The van der Waals surface area contributed by atoms with E-state index in [2.05, 4.69) is 97.9 Å². The largest absolute Gasteiger partial charge is 0.462 e. The molecule has 0 bridgehead atoms. The van der Waals surface area contributed by atoms with Crippen LogP contribution in [0, 0.1) is 5.92 Å². The van der Waals surface area contributed by atoms with Crippen molar-refractivity contribution >= 4 is 41.3 Å². The van der Waals surface area contributed by atoms with Gasteiger partial charge in [0.05, 0.1) is 6.42 Å². The number of ether oxygens (including phenoxy) is 1. The number of benzene rings is 3. The molecule has 5 heteroatoms. The van der Waals surface area contributed by atoms with Gasteiger partial charge in [-0.15, -0.1) is 0 Å². The van der Waals surface area contributed by atoms with Crippen molar-refractivity contribution in [1.29, 1.82) is 0 Å².